The predicted molar refractivity (Wildman–Crippen MR) is 81.3 cm³/mol. The predicted octanol–water partition coefficient (Wildman–Crippen LogP) is 2.00. The van der Waals surface area contributed by atoms with Crippen molar-refractivity contribution in [3.63, 3.8) is 0 Å². The molecule has 0 aliphatic heterocycles. The summed E-state index contributed by atoms with van der Waals surface area (Å²) in [5, 5.41) is 5.65. The average Bonchev–Trinajstić information content (AvgIpc) is 2.92. The van der Waals surface area contributed by atoms with Crippen LogP contribution in [-0.4, -0.2) is 31.2 Å². The molecule has 1 aromatic carbocycles. The summed E-state index contributed by atoms with van der Waals surface area (Å²) in [4.78, 5) is 11.8. The third kappa shape index (κ3) is 3.28. The number of hydrogen-bond acceptors (Lipinski definition) is 5. The first-order chi connectivity index (χ1) is 10.3. The summed E-state index contributed by atoms with van der Waals surface area (Å²) in [6, 6.07) is 5.32. The van der Waals surface area contributed by atoms with Gasteiger partial charge in [-0.15, -0.1) is 0 Å². The molecule has 1 aromatic heterocycles. The Kier molecular flexibility index (Phi) is 4.51. The number of anilines is 1. The number of aryl methyl sites for hydroxylation is 2. The van der Waals surface area contributed by atoms with E-state index >= 15 is 0 Å². The number of carbonyl (C=O) groups excluding carboxylic acids is 1. The van der Waals surface area contributed by atoms with Crippen LogP contribution in [0.4, 0.5) is 5.69 Å². The Morgan fingerprint density at radius 1 is 1.36 bits per heavy atom. The maximum atomic E-state index is 12.4. The molecule has 0 atom stereocenters. The highest BCUT2D eigenvalue weighted by molar-refractivity contribution is 7.92. The lowest BCUT2D eigenvalue weighted by Crippen LogP contribution is -2.18. The lowest BCUT2D eigenvalue weighted by molar-refractivity contribution is 0.0522. The molecule has 0 bridgehead atoms. The monoisotopic (exact) mass is 323 g/mol. The minimum absolute atomic E-state index is 0.126. The maximum Gasteiger partial charge on any atom is 0.342 e. The second-order valence-corrected chi connectivity index (χ2v) is 6.38. The Bertz CT molecular complexity index is 796. The molecular formula is C14H17N3O4S. The van der Waals surface area contributed by atoms with Crippen LogP contribution in [0.1, 0.15) is 28.4 Å². The van der Waals surface area contributed by atoms with E-state index in [0.717, 1.165) is 17.3 Å². The summed E-state index contributed by atoms with van der Waals surface area (Å²) >= 11 is 0. The number of rotatable bonds is 5. The van der Waals surface area contributed by atoms with Crippen molar-refractivity contribution in [2.75, 3.05) is 11.3 Å². The molecular weight excluding hydrogens is 306 g/mol. The second-order valence-electron chi connectivity index (χ2n) is 4.76. The zero-order valence-corrected chi connectivity index (χ0v) is 13.3. The lowest BCUT2D eigenvalue weighted by atomic mass is 10.1. The van der Waals surface area contributed by atoms with Crippen molar-refractivity contribution in [1.29, 1.82) is 0 Å². The molecule has 22 heavy (non-hydrogen) atoms. The van der Waals surface area contributed by atoms with Gasteiger partial charge in [-0.3, -0.25) is 9.82 Å². The van der Waals surface area contributed by atoms with Gasteiger partial charge in [0.05, 0.1) is 18.5 Å². The van der Waals surface area contributed by atoms with Crippen LogP contribution in [0.3, 0.4) is 0 Å². The molecule has 0 aliphatic rings. The van der Waals surface area contributed by atoms with E-state index in [1.54, 1.807) is 26.0 Å². The van der Waals surface area contributed by atoms with E-state index in [-0.39, 0.29) is 17.2 Å². The molecule has 0 saturated heterocycles. The van der Waals surface area contributed by atoms with Gasteiger partial charge in [0.15, 0.2) is 5.03 Å². The molecule has 118 valence electrons. The van der Waals surface area contributed by atoms with E-state index in [2.05, 4.69) is 14.9 Å². The van der Waals surface area contributed by atoms with Crippen molar-refractivity contribution in [2.24, 2.45) is 0 Å². The second kappa shape index (κ2) is 6.18. The SMILES string of the molecule is CCOC(=O)c1cn[nH]c1S(=O)(=O)Nc1ccc(C)cc1C. The molecule has 0 fully saturated rings. The van der Waals surface area contributed by atoms with Crippen LogP contribution < -0.4 is 4.72 Å². The third-order valence-electron chi connectivity index (χ3n) is 2.99. The van der Waals surface area contributed by atoms with Gasteiger partial charge in [-0.1, -0.05) is 17.7 Å². The van der Waals surface area contributed by atoms with Crippen molar-refractivity contribution in [1.82, 2.24) is 10.2 Å². The zero-order chi connectivity index (χ0) is 16.3. The summed E-state index contributed by atoms with van der Waals surface area (Å²) in [6.07, 6.45) is 1.13. The van der Waals surface area contributed by atoms with Crippen LogP contribution in [0.25, 0.3) is 0 Å². The molecule has 2 N–H and O–H groups in total. The van der Waals surface area contributed by atoms with Crippen molar-refractivity contribution >= 4 is 21.7 Å². The quantitative estimate of drug-likeness (QED) is 0.820. The third-order valence-corrected chi connectivity index (χ3v) is 4.33. The number of sulfonamides is 1. The molecule has 0 aliphatic carbocycles. The van der Waals surface area contributed by atoms with E-state index < -0.39 is 16.0 Å². The van der Waals surface area contributed by atoms with Crippen molar-refractivity contribution in [2.45, 2.75) is 25.8 Å². The normalized spacial score (nSPS) is 11.2. The highest BCUT2D eigenvalue weighted by atomic mass is 32.2. The number of hydrogen-bond donors (Lipinski definition) is 2. The molecule has 0 amide bonds. The molecule has 7 nitrogen and oxygen atoms in total. The van der Waals surface area contributed by atoms with Crippen molar-refractivity contribution < 1.29 is 17.9 Å². The van der Waals surface area contributed by atoms with Crippen LogP contribution >= 0.6 is 0 Å². The molecule has 0 saturated carbocycles. The summed E-state index contributed by atoms with van der Waals surface area (Å²) in [5.74, 6) is -0.739. The van der Waals surface area contributed by atoms with Crippen LogP contribution in [-0.2, 0) is 14.8 Å². The van der Waals surface area contributed by atoms with Crippen molar-refractivity contribution in [3.05, 3.63) is 41.1 Å². The average molecular weight is 323 g/mol. The number of esters is 1. The summed E-state index contributed by atoms with van der Waals surface area (Å²) in [7, 11) is -3.97. The van der Waals surface area contributed by atoms with Gasteiger partial charge in [-0.05, 0) is 32.4 Å². The maximum absolute atomic E-state index is 12.4. The molecule has 1 heterocycles. The van der Waals surface area contributed by atoms with E-state index in [0.29, 0.717) is 5.69 Å². The van der Waals surface area contributed by atoms with E-state index in [9.17, 15) is 13.2 Å². The van der Waals surface area contributed by atoms with Gasteiger partial charge in [0, 0.05) is 0 Å². The topological polar surface area (TPSA) is 101 Å². The Morgan fingerprint density at radius 3 is 2.73 bits per heavy atom. The largest absolute Gasteiger partial charge is 0.462 e. The first-order valence-corrected chi connectivity index (χ1v) is 8.14. The van der Waals surface area contributed by atoms with E-state index in [4.69, 9.17) is 4.74 Å². The molecule has 2 aromatic rings. The number of nitrogens with zero attached hydrogens (tertiary/aromatic N) is 1. The van der Waals surface area contributed by atoms with Gasteiger partial charge in [0.25, 0.3) is 10.0 Å². The lowest BCUT2D eigenvalue weighted by Gasteiger charge is -2.11. The fourth-order valence-corrected chi connectivity index (χ4v) is 3.18. The Labute approximate surface area is 128 Å². The number of nitrogens with one attached hydrogen (secondary N) is 2. The summed E-state index contributed by atoms with van der Waals surface area (Å²) in [6.45, 7) is 5.50. The van der Waals surface area contributed by atoms with Gasteiger partial charge >= 0.3 is 5.97 Å². The number of carbonyl (C=O) groups is 1. The Morgan fingerprint density at radius 2 is 2.09 bits per heavy atom. The minimum Gasteiger partial charge on any atom is -0.462 e. The number of benzene rings is 1. The first kappa shape index (κ1) is 16.0. The number of aromatic amines is 1. The summed E-state index contributed by atoms with van der Waals surface area (Å²) < 4.78 is 32.1. The minimum atomic E-state index is -3.97. The van der Waals surface area contributed by atoms with Crippen LogP contribution in [0.15, 0.2) is 29.4 Å². The first-order valence-electron chi connectivity index (χ1n) is 6.65. The molecule has 8 heteroatoms. The van der Waals surface area contributed by atoms with Gasteiger partial charge in [-0.2, -0.15) is 13.5 Å². The number of ether oxygens (including phenoxy) is 1. The fourth-order valence-electron chi connectivity index (χ4n) is 1.96. The molecule has 2 rings (SSSR count). The number of H-pyrrole nitrogens is 1. The fraction of sp³-hybridized carbons (Fsp3) is 0.286. The highest BCUT2D eigenvalue weighted by Crippen LogP contribution is 2.21. The molecule has 0 spiro atoms. The summed E-state index contributed by atoms with van der Waals surface area (Å²) in [5.41, 5.74) is 2.11. The Balaban J connectivity index is 2.35. The van der Waals surface area contributed by atoms with Crippen LogP contribution in [0.2, 0.25) is 0 Å². The smallest absolute Gasteiger partial charge is 0.342 e. The van der Waals surface area contributed by atoms with Crippen LogP contribution in [0.5, 0.6) is 0 Å². The van der Waals surface area contributed by atoms with Gasteiger partial charge in [0.2, 0.25) is 0 Å². The van der Waals surface area contributed by atoms with E-state index in [1.807, 2.05) is 13.0 Å². The van der Waals surface area contributed by atoms with Crippen LogP contribution in [0, 0.1) is 13.8 Å². The number of aromatic nitrogens is 2. The van der Waals surface area contributed by atoms with Crippen molar-refractivity contribution in [3.8, 4) is 0 Å². The molecule has 0 unspecified atom stereocenters. The van der Waals surface area contributed by atoms with Gasteiger partial charge < -0.3 is 4.74 Å². The van der Waals surface area contributed by atoms with E-state index in [1.165, 1.54) is 0 Å². The van der Waals surface area contributed by atoms with Gasteiger partial charge in [-0.25, -0.2) is 4.79 Å². The van der Waals surface area contributed by atoms with Gasteiger partial charge in [0.1, 0.15) is 5.56 Å². The standard InChI is InChI=1S/C14H17N3O4S/c1-4-21-14(18)11-8-15-16-13(11)22(19,20)17-12-6-5-9(2)7-10(12)3/h5-8,17H,4H2,1-3H3,(H,15,16). The molecule has 0 radical (unpaired) electrons. The Hall–Kier alpha value is -2.35. The zero-order valence-electron chi connectivity index (χ0n) is 12.5. The highest BCUT2D eigenvalue weighted by Gasteiger charge is 2.26.